The number of carbonyl (C=O) groups is 1. The zero-order valence-corrected chi connectivity index (χ0v) is 13.3. The highest BCUT2D eigenvalue weighted by molar-refractivity contribution is 7.99. The zero-order valence-electron chi connectivity index (χ0n) is 11.6. The molecule has 0 bridgehead atoms. The fourth-order valence-corrected chi connectivity index (χ4v) is 4.49. The van der Waals surface area contributed by atoms with E-state index in [1.807, 2.05) is 11.8 Å². The lowest BCUT2D eigenvalue weighted by atomic mass is 10.2. The molecule has 0 spiro atoms. The first-order chi connectivity index (χ1) is 8.99. The Balaban J connectivity index is 2.45. The molecule has 7 heteroatoms. The van der Waals surface area contributed by atoms with Crippen LogP contribution < -0.4 is 0 Å². The highest BCUT2D eigenvalue weighted by Crippen LogP contribution is 2.22. The summed E-state index contributed by atoms with van der Waals surface area (Å²) < 4.78 is 30.4. The van der Waals surface area contributed by atoms with E-state index in [-0.39, 0.29) is 18.1 Å². The molecular formula is C12H23NO4S2. The van der Waals surface area contributed by atoms with Crippen LogP contribution in [-0.2, 0) is 19.6 Å². The van der Waals surface area contributed by atoms with Crippen molar-refractivity contribution in [2.45, 2.75) is 37.4 Å². The van der Waals surface area contributed by atoms with Crippen molar-refractivity contribution in [3.8, 4) is 0 Å². The van der Waals surface area contributed by atoms with Crippen LogP contribution in [0.4, 0.5) is 0 Å². The Labute approximate surface area is 120 Å². The van der Waals surface area contributed by atoms with Crippen molar-refractivity contribution in [3.63, 3.8) is 0 Å². The van der Waals surface area contributed by atoms with Crippen LogP contribution in [0.25, 0.3) is 0 Å². The Bertz CT molecular complexity index is 383. The van der Waals surface area contributed by atoms with Gasteiger partial charge in [0.2, 0.25) is 10.0 Å². The summed E-state index contributed by atoms with van der Waals surface area (Å²) in [6.07, 6.45) is 5.48. The molecule has 0 aromatic heterocycles. The molecule has 0 amide bonds. The lowest BCUT2D eigenvalue weighted by Crippen LogP contribution is -2.34. The van der Waals surface area contributed by atoms with E-state index in [0.29, 0.717) is 24.8 Å². The minimum atomic E-state index is -3.23. The van der Waals surface area contributed by atoms with Gasteiger partial charge in [-0.25, -0.2) is 12.7 Å². The summed E-state index contributed by atoms with van der Waals surface area (Å²) in [5, 5.41) is 0.565. The molecule has 1 aliphatic rings. The van der Waals surface area contributed by atoms with Crippen LogP contribution in [0.5, 0.6) is 0 Å². The number of carbonyl (C=O) groups excluding carboxylic acids is 1. The van der Waals surface area contributed by atoms with Gasteiger partial charge in [0.25, 0.3) is 0 Å². The molecule has 19 heavy (non-hydrogen) atoms. The Morgan fingerprint density at radius 3 is 2.74 bits per heavy atom. The van der Waals surface area contributed by atoms with Crippen molar-refractivity contribution >= 4 is 27.8 Å². The predicted molar refractivity (Wildman–Crippen MR) is 77.8 cm³/mol. The smallest absolute Gasteiger partial charge is 0.305 e. The van der Waals surface area contributed by atoms with E-state index in [9.17, 15) is 13.2 Å². The summed E-state index contributed by atoms with van der Waals surface area (Å²) in [7, 11) is -1.91. The van der Waals surface area contributed by atoms with Crippen molar-refractivity contribution in [3.05, 3.63) is 0 Å². The van der Waals surface area contributed by atoms with Gasteiger partial charge in [-0.15, -0.1) is 0 Å². The normalized spacial score (nSPS) is 21.9. The molecule has 1 heterocycles. The maximum absolute atomic E-state index is 12.2. The molecule has 0 saturated carbocycles. The number of hydrogen-bond acceptors (Lipinski definition) is 5. The number of hydrogen-bond donors (Lipinski definition) is 0. The molecule has 0 N–H and O–H groups in total. The maximum Gasteiger partial charge on any atom is 0.305 e. The van der Waals surface area contributed by atoms with Crippen molar-refractivity contribution in [2.75, 3.05) is 32.2 Å². The van der Waals surface area contributed by atoms with Crippen LogP contribution in [-0.4, -0.2) is 56.2 Å². The topological polar surface area (TPSA) is 63.7 Å². The fraction of sp³-hybridized carbons (Fsp3) is 0.917. The molecule has 1 fully saturated rings. The second kappa shape index (κ2) is 8.11. The quantitative estimate of drug-likeness (QED) is 0.696. The van der Waals surface area contributed by atoms with Crippen molar-refractivity contribution in [1.29, 1.82) is 0 Å². The van der Waals surface area contributed by atoms with E-state index in [4.69, 9.17) is 0 Å². The summed E-state index contributed by atoms with van der Waals surface area (Å²) in [4.78, 5) is 11.0. The van der Waals surface area contributed by atoms with Crippen molar-refractivity contribution < 1.29 is 17.9 Å². The predicted octanol–water partition coefficient (Wildman–Crippen LogP) is 1.49. The number of sulfonamides is 1. The number of rotatable bonds is 6. The highest BCUT2D eigenvalue weighted by Gasteiger charge is 2.25. The van der Waals surface area contributed by atoms with Crippen LogP contribution in [0.2, 0.25) is 0 Å². The number of ether oxygens (including phenoxy) is 1. The molecule has 0 aromatic rings. The summed E-state index contributed by atoms with van der Waals surface area (Å²) in [5.74, 6) is -0.319. The van der Waals surface area contributed by atoms with Crippen LogP contribution >= 0.6 is 11.8 Å². The van der Waals surface area contributed by atoms with E-state index in [2.05, 4.69) is 11.0 Å². The van der Waals surface area contributed by atoms with E-state index in [0.717, 1.165) is 19.3 Å². The first-order valence-corrected chi connectivity index (χ1v) is 9.46. The molecule has 0 aliphatic carbocycles. The van der Waals surface area contributed by atoms with Crippen molar-refractivity contribution in [1.82, 2.24) is 4.31 Å². The van der Waals surface area contributed by atoms with Crippen LogP contribution in [0.3, 0.4) is 0 Å². The third-order valence-corrected chi connectivity index (χ3v) is 6.47. The Kier molecular flexibility index (Phi) is 7.17. The van der Waals surface area contributed by atoms with E-state index in [1.165, 1.54) is 7.11 Å². The fourth-order valence-electron chi connectivity index (χ4n) is 2.18. The van der Waals surface area contributed by atoms with E-state index < -0.39 is 10.0 Å². The SMILES string of the molecule is COC(=O)CCCS(=O)(=O)N1CCCC(SC)CC1. The van der Waals surface area contributed by atoms with Crippen LogP contribution in [0.1, 0.15) is 32.1 Å². The standard InChI is InChI=1S/C12H23NO4S2/c1-17-12(14)6-4-10-19(15,16)13-8-3-5-11(18-2)7-9-13/h11H,3-10H2,1-2H3. The minimum Gasteiger partial charge on any atom is -0.469 e. The minimum absolute atomic E-state index is 0.0338. The number of methoxy groups -OCH3 is 1. The van der Waals surface area contributed by atoms with Crippen LogP contribution in [0.15, 0.2) is 0 Å². The first-order valence-electron chi connectivity index (χ1n) is 6.57. The van der Waals surface area contributed by atoms with Gasteiger partial charge in [-0.05, 0) is 31.9 Å². The van der Waals surface area contributed by atoms with Gasteiger partial charge in [0.05, 0.1) is 12.9 Å². The Morgan fingerprint density at radius 1 is 1.37 bits per heavy atom. The van der Waals surface area contributed by atoms with E-state index >= 15 is 0 Å². The largest absolute Gasteiger partial charge is 0.469 e. The second-order valence-corrected chi connectivity index (χ2v) is 7.91. The number of thioether (sulfide) groups is 1. The second-order valence-electron chi connectivity index (χ2n) is 4.68. The summed E-state index contributed by atoms with van der Waals surface area (Å²) in [6, 6.07) is 0. The first kappa shape index (κ1) is 16.8. The summed E-state index contributed by atoms with van der Waals surface area (Å²) in [6.45, 7) is 1.21. The third kappa shape index (κ3) is 5.71. The van der Waals surface area contributed by atoms with Gasteiger partial charge in [-0.1, -0.05) is 0 Å². The van der Waals surface area contributed by atoms with Gasteiger partial charge in [0.1, 0.15) is 0 Å². The molecular weight excluding hydrogens is 286 g/mol. The van der Waals surface area contributed by atoms with Gasteiger partial charge in [0.15, 0.2) is 0 Å². The van der Waals surface area contributed by atoms with Crippen molar-refractivity contribution in [2.24, 2.45) is 0 Å². The molecule has 1 rings (SSSR count). The molecule has 112 valence electrons. The average molecular weight is 309 g/mol. The average Bonchev–Trinajstić information content (AvgIpc) is 2.63. The molecule has 0 radical (unpaired) electrons. The zero-order chi connectivity index (χ0) is 14.3. The lowest BCUT2D eigenvalue weighted by Gasteiger charge is -2.19. The Hall–Kier alpha value is -0.270. The number of nitrogens with zero attached hydrogens (tertiary/aromatic N) is 1. The number of esters is 1. The summed E-state index contributed by atoms with van der Waals surface area (Å²) >= 11 is 1.81. The van der Waals surface area contributed by atoms with Gasteiger partial charge < -0.3 is 4.74 Å². The maximum atomic E-state index is 12.2. The third-order valence-electron chi connectivity index (χ3n) is 3.37. The Morgan fingerprint density at radius 2 is 2.11 bits per heavy atom. The summed E-state index contributed by atoms with van der Waals surface area (Å²) in [5.41, 5.74) is 0. The monoisotopic (exact) mass is 309 g/mol. The lowest BCUT2D eigenvalue weighted by molar-refractivity contribution is -0.140. The van der Waals surface area contributed by atoms with Gasteiger partial charge >= 0.3 is 5.97 Å². The molecule has 1 saturated heterocycles. The van der Waals surface area contributed by atoms with Crippen LogP contribution in [0, 0.1) is 0 Å². The molecule has 5 nitrogen and oxygen atoms in total. The molecule has 1 aliphatic heterocycles. The van der Waals surface area contributed by atoms with Gasteiger partial charge in [-0.2, -0.15) is 11.8 Å². The molecule has 1 unspecified atom stereocenters. The van der Waals surface area contributed by atoms with E-state index in [1.54, 1.807) is 4.31 Å². The molecule has 0 aromatic carbocycles. The van der Waals surface area contributed by atoms with Gasteiger partial charge in [-0.3, -0.25) is 4.79 Å². The van der Waals surface area contributed by atoms with Gasteiger partial charge in [0, 0.05) is 24.8 Å². The molecule has 1 atom stereocenters. The highest BCUT2D eigenvalue weighted by atomic mass is 32.2.